The van der Waals surface area contributed by atoms with E-state index < -0.39 is 6.10 Å². The lowest BCUT2D eigenvalue weighted by Gasteiger charge is -2.31. The van der Waals surface area contributed by atoms with Gasteiger partial charge in [0.25, 0.3) is 0 Å². The van der Waals surface area contributed by atoms with Gasteiger partial charge in [-0.05, 0) is 23.3 Å². The molecule has 2 aromatic rings. The number of benzene rings is 2. The molecule has 0 bridgehead atoms. The molecule has 1 fully saturated rings. The minimum Gasteiger partial charge on any atom is -0.387 e. The quantitative estimate of drug-likeness (QED) is 0.906. The summed E-state index contributed by atoms with van der Waals surface area (Å²) < 4.78 is 13.4. The average Bonchev–Trinajstić information content (AvgIpc) is 2.77. The fourth-order valence-corrected chi connectivity index (χ4v) is 3.14. The number of nitrogens with one attached hydrogen (secondary N) is 1. The summed E-state index contributed by atoms with van der Waals surface area (Å²) in [7, 11) is 0. The molecule has 0 saturated carbocycles. The number of rotatable bonds is 4. The molecule has 5 heteroatoms. The second-order valence-corrected chi connectivity index (χ2v) is 6.05. The molecule has 4 nitrogen and oxygen atoms in total. The van der Waals surface area contributed by atoms with E-state index in [4.69, 9.17) is 0 Å². The van der Waals surface area contributed by atoms with Gasteiger partial charge < -0.3 is 10.4 Å². The van der Waals surface area contributed by atoms with Crippen molar-refractivity contribution in [3.63, 3.8) is 0 Å². The number of β-amino-alcohol motifs (C(OH)–C–C–N with tert-alkyl or cyclic N) is 1. The average molecular weight is 328 g/mol. The van der Waals surface area contributed by atoms with Gasteiger partial charge in [0, 0.05) is 32.1 Å². The number of halogens is 1. The molecule has 1 aliphatic heterocycles. The molecule has 0 spiro atoms. The summed E-state index contributed by atoms with van der Waals surface area (Å²) in [6, 6.07) is 15.7. The molecule has 3 rings (SSSR count). The van der Waals surface area contributed by atoms with Crippen molar-refractivity contribution in [3.05, 3.63) is 71.5 Å². The highest BCUT2D eigenvalue weighted by Crippen LogP contribution is 2.28. The van der Waals surface area contributed by atoms with E-state index in [2.05, 4.69) is 10.2 Å². The van der Waals surface area contributed by atoms with Gasteiger partial charge in [-0.3, -0.25) is 9.69 Å². The van der Waals surface area contributed by atoms with Crippen LogP contribution in [-0.4, -0.2) is 35.5 Å². The number of hydrogen-bond acceptors (Lipinski definition) is 3. The summed E-state index contributed by atoms with van der Waals surface area (Å²) in [5.41, 5.74) is 1.59. The van der Waals surface area contributed by atoms with Gasteiger partial charge in [-0.15, -0.1) is 0 Å². The molecular formula is C19H21FN2O2. The molecule has 126 valence electrons. The number of carbonyl (C=O) groups excluding carboxylic acids is 1. The Morgan fingerprint density at radius 1 is 1.21 bits per heavy atom. The van der Waals surface area contributed by atoms with Crippen LogP contribution in [0.2, 0.25) is 0 Å². The third-order valence-electron chi connectivity index (χ3n) is 4.37. The van der Waals surface area contributed by atoms with Gasteiger partial charge in [-0.25, -0.2) is 4.39 Å². The van der Waals surface area contributed by atoms with Crippen LogP contribution in [0, 0.1) is 5.82 Å². The molecule has 0 aromatic heterocycles. The summed E-state index contributed by atoms with van der Waals surface area (Å²) in [4.78, 5) is 14.0. The van der Waals surface area contributed by atoms with Crippen LogP contribution >= 0.6 is 0 Å². The van der Waals surface area contributed by atoms with Gasteiger partial charge in [0.05, 0.1) is 6.10 Å². The van der Waals surface area contributed by atoms with Crippen LogP contribution in [0.1, 0.15) is 29.7 Å². The van der Waals surface area contributed by atoms with Crippen molar-refractivity contribution in [2.45, 2.75) is 18.6 Å². The number of carbonyl (C=O) groups is 1. The molecule has 2 N–H and O–H groups in total. The van der Waals surface area contributed by atoms with Crippen molar-refractivity contribution >= 4 is 5.91 Å². The van der Waals surface area contributed by atoms with Gasteiger partial charge in [-0.2, -0.15) is 0 Å². The van der Waals surface area contributed by atoms with Crippen molar-refractivity contribution in [3.8, 4) is 0 Å². The second kappa shape index (κ2) is 7.55. The number of nitrogens with zero attached hydrogens (tertiary/aromatic N) is 1. The summed E-state index contributed by atoms with van der Waals surface area (Å²) >= 11 is 0. The summed E-state index contributed by atoms with van der Waals surface area (Å²) in [5, 5.41) is 13.4. The Hall–Kier alpha value is -2.24. The van der Waals surface area contributed by atoms with E-state index >= 15 is 0 Å². The standard InChI is InChI=1S/C19H21FN2O2/c20-16-8-4-7-15(11-16)18(23)13-22-10-9-21-19(24)12-17(22)14-5-2-1-3-6-14/h1-8,11,17-18,23H,9-10,12-13H2,(H,21,24)/t17-,18-/m0/s1. The highest BCUT2D eigenvalue weighted by Gasteiger charge is 2.28. The lowest BCUT2D eigenvalue weighted by atomic mass is 10.0. The summed E-state index contributed by atoms with van der Waals surface area (Å²) in [5.74, 6) is -0.356. The lowest BCUT2D eigenvalue weighted by molar-refractivity contribution is -0.121. The summed E-state index contributed by atoms with van der Waals surface area (Å²) in [6.45, 7) is 1.52. The van der Waals surface area contributed by atoms with Gasteiger partial charge in [0.2, 0.25) is 5.91 Å². The molecule has 0 aliphatic carbocycles. The third-order valence-corrected chi connectivity index (χ3v) is 4.37. The normalized spacial score (nSPS) is 20.2. The van der Waals surface area contributed by atoms with Gasteiger partial charge >= 0.3 is 0 Å². The topological polar surface area (TPSA) is 52.6 Å². The monoisotopic (exact) mass is 328 g/mol. The maximum Gasteiger partial charge on any atom is 0.221 e. The zero-order valence-corrected chi connectivity index (χ0v) is 13.4. The molecule has 1 heterocycles. The van der Waals surface area contributed by atoms with Crippen LogP contribution in [0.25, 0.3) is 0 Å². The molecule has 24 heavy (non-hydrogen) atoms. The van der Waals surface area contributed by atoms with E-state index in [1.54, 1.807) is 12.1 Å². The lowest BCUT2D eigenvalue weighted by Crippen LogP contribution is -2.34. The number of aliphatic hydroxyl groups excluding tert-OH is 1. The third kappa shape index (κ3) is 3.99. The predicted molar refractivity (Wildman–Crippen MR) is 89.7 cm³/mol. The molecule has 1 saturated heterocycles. The van der Waals surface area contributed by atoms with E-state index in [-0.39, 0.29) is 17.8 Å². The van der Waals surface area contributed by atoms with Crippen LogP contribution in [0.5, 0.6) is 0 Å². The van der Waals surface area contributed by atoms with Crippen molar-refractivity contribution in [1.29, 1.82) is 0 Å². The Morgan fingerprint density at radius 3 is 2.75 bits per heavy atom. The Balaban J connectivity index is 1.81. The van der Waals surface area contributed by atoms with E-state index in [0.717, 1.165) is 5.56 Å². The molecule has 2 aromatic carbocycles. The zero-order chi connectivity index (χ0) is 16.9. The van der Waals surface area contributed by atoms with Crippen LogP contribution in [0.4, 0.5) is 4.39 Å². The Bertz CT molecular complexity index is 693. The van der Waals surface area contributed by atoms with E-state index in [9.17, 15) is 14.3 Å². The van der Waals surface area contributed by atoms with Crippen LogP contribution < -0.4 is 5.32 Å². The van der Waals surface area contributed by atoms with Crippen LogP contribution in [0.15, 0.2) is 54.6 Å². The Kier molecular flexibility index (Phi) is 5.23. The first-order valence-electron chi connectivity index (χ1n) is 8.12. The van der Waals surface area contributed by atoms with E-state index in [1.807, 2.05) is 30.3 Å². The highest BCUT2D eigenvalue weighted by atomic mass is 19.1. The van der Waals surface area contributed by atoms with Crippen molar-refractivity contribution in [2.24, 2.45) is 0 Å². The minimum absolute atomic E-state index is 0.00611. The first kappa shape index (κ1) is 16.6. The first-order chi connectivity index (χ1) is 11.6. The van der Waals surface area contributed by atoms with Gasteiger partial charge in [0.15, 0.2) is 0 Å². The second-order valence-electron chi connectivity index (χ2n) is 6.05. The SMILES string of the molecule is O=C1C[C@@H](c2ccccc2)N(C[C@H](O)c2cccc(F)c2)CCN1. The molecule has 1 amide bonds. The van der Waals surface area contributed by atoms with Gasteiger partial charge in [0.1, 0.15) is 5.82 Å². The van der Waals surface area contributed by atoms with Crippen molar-refractivity contribution in [2.75, 3.05) is 19.6 Å². The van der Waals surface area contributed by atoms with Crippen molar-refractivity contribution in [1.82, 2.24) is 10.2 Å². The number of amides is 1. The van der Waals surface area contributed by atoms with Crippen molar-refractivity contribution < 1.29 is 14.3 Å². The smallest absolute Gasteiger partial charge is 0.221 e. The van der Waals surface area contributed by atoms with Crippen LogP contribution in [-0.2, 0) is 4.79 Å². The first-order valence-corrected chi connectivity index (χ1v) is 8.12. The molecule has 0 unspecified atom stereocenters. The maximum absolute atomic E-state index is 13.4. The predicted octanol–water partition coefficient (Wildman–Crippen LogP) is 2.42. The fourth-order valence-electron chi connectivity index (χ4n) is 3.14. The zero-order valence-electron chi connectivity index (χ0n) is 13.4. The maximum atomic E-state index is 13.4. The number of aliphatic hydroxyl groups is 1. The van der Waals surface area contributed by atoms with E-state index in [1.165, 1.54) is 12.1 Å². The fraction of sp³-hybridized carbons (Fsp3) is 0.316. The number of hydrogen-bond donors (Lipinski definition) is 2. The van der Waals surface area contributed by atoms with Crippen LogP contribution in [0.3, 0.4) is 0 Å². The molecule has 2 atom stereocenters. The molecule has 1 aliphatic rings. The van der Waals surface area contributed by atoms with E-state index in [0.29, 0.717) is 31.6 Å². The Morgan fingerprint density at radius 2 is 2.00 bits per heavy atom. The largest absolute Gasteiger partial charge is 0.387 e. The molecule has 0 radical (unpaired) electrons. The molecular weight excluding hydrogens is 307 g/mol. The highest BCUT2D eigenvalue weighted by molar-refractivity contribution is 5.77. The Labute approximate surface area is 140 Å². The minimum atomic E-state index is -0.805. The summed E-state index contributed by atoms with van der Waals surface area (Å²) in [6.07, 6.45) is -0.458. The van der Waals surface area contributed by atoms with Gasteiger partial charge in [-0.1, -0.05) is 42.5 Å².